The molecule has 1 unspecified atom stereocenters. The predicted molar refractivity (Wildman–Crippen MR) is 70.6 cm³/mol. The topological polar surface area (TPSA) is 82.9 Å². The van der Waals surface area contributed by atoms with E-state index in [4.69, 9.17) is 4.74 Å². The van der Waals surface area contributed by atoms with E-state index in [1.54, 1.807) is 25.6 Å². The number of piperidine rings is 1. The van der Waals surface area contributed by atoms with Crippen molar-refractivity contribution in [3.05, 3.63) is 24.0 Å². The minimum atomic E-state index is -1.04. The average Bonchev–Trinajstić information content (AvgIpc) is 2.72. The normalized spacial score (nSPS) is 32.2. The third-order valence-corrected chi connectivity index (χ3v) is 4.49. The molecule has 0 radical (unpaired) electrons. The highest BCUT2D eigenvalue weighted by molar-refractivity contribution is 5.67. The van der Waals surface area contributed by atoms with Gasteiger partial charge >= 0.3 is 6.09 Å². The van der Waals surface area contributed by atoms with Crippen molar-refractivity contribution in [3.63, 3.8) is 0 Å². The Labute approximate surface area is 117 Å². The molecule has 3 rings (SSSR count). The Kier molecular flexibility index (Phi) is 3.05. The Hall–Kier alpha value is -1.82. The van der Waals surface area contributed by atoms with Gasteiger partial charge in [0.15, 0.2) is 0 Å². The lowest BCUT2D eigenvalue weighted by atomic mass is 9.80. The Bertz CT molecular complexity index is 520. The van der Waals surface area contributed by atoms with Gasteiger partial charge in [0.05, 0.1) is 18.9 Å². The number of ether oxygens (including phenoxy) is 1. The van der Waals surface area contributed by atoms with Crippen LogP contribution in [0.2, 0.25) is 0 Å². The fourth-order valence-electron chi connectivity index (χ4n) is 3.68. The van der Waals surface area contributed by atoms with Gasteiger partial charge in [-0.3, -0.25) is 4.98 Å². The fourth-order valence-corrected chi connectivity index (χ4v) is 3.68. The molecule has 6 heteroatoms. The monoisotopic (exact) mass is 278 g/mol. The molecular formula is C14H18N2O4. The largest absolute Gasteiger partial charge is 0.495 e. The zero-order chi connectivity index (χ0) is 14.3. The molecule has 2 saturated heterocycles. The molecule has 0 aromatic carbocycles. The molecule has 2 aliphatic rings. The second-order valence-electron chi connectivity index (χ2n) is 5.59. The maximum absolute atomic E-state index is 11.3. The van der Waals surface area contributed by atoms with Crippen molar-refractivity contribution >= 4 is 6.09 Å². The van der Waals surface area contributed by atoms with Crippen LogP contribution in [0.5, 0.6) is 5.75 Å². The Morgan fingerprint density at radius 1 is 1.45 bits per heavy atom. The van der Waals surface area contributed by atoms with E-state index in [1.807, 2.05) is 0 Å². The highest BCUT2D eigenvalue weighted by Gasteiger charge is 2.51. The van der Waals surface area contributed by atoms with Crippen molar-refractivity contribution in [2.45, 2.75) is 43.4 Å². The molecule has 1 aromatic rings. The summed E-state index contributed by atoms with van der Waals surface area (Å²) in [5.41, 5.74) is -0.330. The number of methoxy groups -OCH3 is 1. The van der Waals surface area contributed by atoms with Gasteiger partial charge in [-0.15, -0.1) is 0 Å². The van der Waals surface area contributed by atoms with Gasteiger partial charge in [0.25, 0.3) is 0 Å². The van der Waals surface area contributed by atoms with E-state index in [0.717, 1.165) is 12.8 Å². The maximum atomic E-state index is 11.3. The minimum absolute atomic E-state index is 0.117. The molecule has 3 atom stereocenters. The van der Waals surface area contributed by atoms with E-state index in [-0.39, 0.29) is 12.1 Å². The summed E-state index contributed by atoms with van der Waals surface area (Å²) in [5, 5.41) is 20.3. The quantitative estimate of drug-likeness (QED) is 0.858. The first kappa shape index (κ1) is 13.2. The van der Waals surface area contributed by atoms with Gasteiger partial charge in [0, 0.05) is 36.7 Å². The summed E-state index contributed by atoms with van der Waals surface area (Å²) >= 11 is 0. The molecule has 1 aromatic heterocycles. The smallest absolute Gasteiger partial charge is 0.407 e. The second-order valence-corrected chi connectivity index (χ2v) is 5.59. The van der Waals surface area contributed by atoms with Gasteiger partial charge in [-0.05, 0) is 18.9 Å². The number of carboxylic acid groups (broad SMARTS) is 1. The van der Waals surface area contributed by atoms with Crippen LogP contribution >= 0.6 is 0 Å². The van der Waals surface area contributed by atoms with Crippen LogP contribution in [-0.2, 0) is 5.60 Å². The molecule has 0 spiro atoms. The van der Waals surface area contributed by atoms with E-state index in [9.17, 15) is 15.0 Å². The van der Waals surface area contributed by atoms with Gasteiger partial charge in [-0.1, -0.05) is 0 Å². The molecular weight excluding hydrogens is 260 g/mol. The van der Waals surface area contributed by atoms with Crippen LogP contribution in [-0.4, -0.2) is 45.4 Å². The van der Waals surface area contributed by atoms with Gasteiger partial charge < -0.3 is 19.8 Å². The molecule has 0 aliphatic carbocycles. The highest BCUT2D eigenvalue weighted by atomic mass is 16.5. The number of amides is 1. The van der Waals surface area contributed by atoms with E-state index in [1.165, 1.54) is 4.90 Å². The summed E-state index contributed by atoms with van der Waals surface area (Å²) < 4.78 is 5.28. The lowest BCUT2D eigenvalue weighted by Crippen LogP contribution is -2.51. The third kappa shape index (κ3) is 1.91. The van der Waals surface area contributed by atoms with Crippen molar-refractivity contribution in [1.29, 1.82) is 0 Å². The minimum Gasteiger partial charge on any atom is -0.495 e. The van der Waals surface area contributed by atoms with E-state index < -0.39 is 11.7 Å². The van der Waals surface area contributed by atoms with E-state index >= 15 is 0 Å². The molecule has 6 nitrogen and oxygen atoms in total. The van der Waals surface area contributed by atoms with Gasteiger partial charge in [0.1, 0.15) is 5.75 Å². The van der Waals surface area contributed by atoms with Crippen molar-refractivity contribution in [2.75, 3.05) is 7.11 Å². The lowest BCUT2D eigenvalue weighted by molar-refractivity contribution is -0.0505. The van der Waals surface area contributed by atoms with Gasteiger partial charge in [-0.25, -0.2) is 4.79 Å². The number of rotatable bonds is 2. The van der Waals surface area contributed by atoms with Crippen LogP contribution < -0.4 is 4.74 Å². The van der Waals surface area contributed by atoms with E-state index in [0.29, 0.717) is 24.2 Å². The van der Waals surface area contributed by atoms with Crippen molar-refractivity contribution in [1.82, 2.24) is 9.88 Å². The molecule has 2 N–H and O–H groups in total. The molecule has 1 amide bonds. The molecule has 108 valence electrons. The zero-order valence-electron chi connectivity index (χ0n) is 11.3. The number of hydrogen-bond acceptors (Lipinski definition) is 4. The van der Waals surface area contributed by atoms with Crippen molar-refractivity contribution in [2.24, 2.45) is 0 Å². The Morgan fingerprint density at radius 3 is 2.65 bits per heavy atom. The summed E-state index contributed by atoms with van der Waals surface area (Å²) in [5.74, 6) is 0.554. The molecule has 0 saturated carbocycles. The Balaban J connectivity index is 1.94. The van der Waals surface area contributed by atoms with Gasteiger partial charge in [-0.2, -0.15) is 0 Å². The number of carbonyl (C=O) groups is 1. The number of pyridine rings is 1. The SMILES string of the molecule is COc1cnccc1C1(O)C[C@H]2CC[C@@H](C1)N2C(=O)O. The zero-order valence-corrected chi connectivity index (χ0v) is 11.3. The highest BCUT2D eigenvalue weighted by Crippen LogP contribution is 2.47. The van der Waals surface area contributed by atoms with Crippen LogP contribution in [0.15, 0.2) is 18.5 Å². The molecule has 3 heterocycles. The Morgan fingerprint density at radius 2 is 2.10 bits per heavy atom. The van der Waals surface area contributed by atoms with Crippen molar-refractivity contribution in [3.8, 4) is 5.75 Å². The lowest BCUT2D eigenvalue weighted by Gasteiger charge is -2.43. The number of aliphatic hydroxyl groups is 1. The molecule has 20 heavy (non-hydrogen) atoms. The molecule has 2 bridgehead atoms. The number of hydrogen-bond donors (Lipinski definition) is 2. The van der Waals surface area contributed by atoms with E-state index in [2.05, 4.69) is 4.98 Å². The predicted octanol–water partition coefficient (Wildman–Crippen LogP) is 1.58. The second kappa shape index (κ2) is 4.63. The molecule has 2 aliphatic heterocycles. The molecule has 2 fully saturated rings. The van der Waals surface area contributed by atoms with Crippen LogP contribution in [0.25, 0.3) is 0 Å². The maximum Gasteiger partial charge on any atom is 0.407 e. The summed E-state index contributed by atoms with van der Waals surface area (Å²) in [6.45, 7) is 0. The standard InChI is InChI=1S/C14H18N2O4/c1-20-12-8-15-5-4-11(12)14(19)6-9-2-3-10(7-14)16(9)13(17)18/h4-5,8-10,19H,2-3,6-7H2,1H3,(H,17,18)/t9-,10+,14?. The van der Waals surface area contributed by atoms with Crippen LogP contribution in [0.4, 0.5) is 4.79 Å². The summed E-state index contributed by atoms with van der Waals surface area (Å²) in [7, 11) is 1.55. The summed E-state index contributed by atoms with van der Waals surface area (Å²) in [4.78, 5) is 16.8. The van der Waals surface area contributed by atoms with Crippen molar-refractivity contribution < 1.29 is 19.7 Å². The average molecular weight is 278 g/mol. The third-order valence-electron chi connectivity index (χ3n) is 4.49. The van der Waals surface area contributed by atoms with Crippen LogP contribution in [0.3, 0.4) is 0 Å². The summed E-state index contributed by atoms with van der Waals surface area (Å²) in [6.07, 6.45) is 4.77. The number of fused-ring (bicyclic) bond motifs is 2. The number of nitrogens with zero attached hydrogens (tertiary/aromatic N) is 2. The fraction of sp³-hybridized carbons (Fsp3) is 0.571. The summed E-state index contributed by atoms with van der Waals surface area (Å²) in [6, 6.07) is 1.53. The van der Waals surface area contributed by atoms with Crippen LogP contribution in [0.1, 0.15) is 31.2 Å². The van der Waals surface area contributed by atoms with Gasteiger partial charge in [0.2, 0.25) is 0 Å². The number of aromatic nitrogens is 1. The first-order valence-corrected chi connectivity index (χ1v) is 6.77. The van der Waals surface area contributed by atoms with Crippen LogP contribution in [0, 0.1) is 0 Å². The first-order valence-electron chi connectivity index (χ1n) is 6.77. The first-order chi connectivity index (χ1) is 9.55.